The third-order valence-electron chi connectivity index (χ3n) is 3.08. The number of aromatic nitrogens is 2. The first kappa shape index (κ1) is 15.1. The van der Waals surface area contributed by atoms with Gasteiger partial charge in [0.05, 0.1) is 28.0 Å². The van der Waals surface area contributed by atoms with Gasteiger partial charge < -0.3 is 5.32 Å². The lowest BCUT2D eigenvalue weighted by Crippen LogP contribution is -2.24. The van der Waals surface area contributed by atoms with Crippen molar-refractivity contribution in [2.75, 3.05) is 7.05 Å². The Bertz CT molecular complexity index is 588. The topological polar surface area (TPSA) is 29.9 Å². The van der Waals surface area contributed by atoms with E-state index in [1.54, 1.807) is 31.0 Å². The summed E-state index contributed by atoms with van der Waals surface area (Å²) in [5.74, 6) is 0. The molecule has 2 aromatic rings. The zero-order chi connectivity index (χ0) is 14.9. The second-order valence-electron chi connectivity index (χ2n) is 4.31. The van der Waals surface area contributed by atoms with Crippen molar-refractivity contribution in [1.29, 1.82) is 0 Å². The molecule has 0 spiro atoms. The van der Waals surface area contributed by atoms with Crippen LogP contribution in [-0.4, -0.2) is 16.8 Å². The van der Waals surface area contributed by atoms with Crippen LogP contribution in [-0.2, 0) is 13.2 Å². The number of benzene rings is 1. The van der Waals surface area contributed by atoms with Crippen LogP contribution >= 0.6 is 15.9 Å². The maximum atomic E-state index is 13.1. The number of hydrogen-bond acceptors (Lipinski definition) is 2. The Balaban J connectivity index is 2.60. The molecule has 2 rings (SSSR count). The largest absolute Gasteiger partial charge is 0.416 e. The van der Waals surface area contributed by atoms with Crippen molar-refractivity contribution < 1.29 is 13.2 Å². The van der Waals surface area contributed by atoms with Crippen LogP contribution in [0.1, 0.15) is 22.9 Å². The van der Waals surface area contributed by atoms with Crippen LogP contribution in [0.3, 0.4) is 0 Å². The molecule has 0 saturated carbocycles. The standard InChI is InChI=1S/C13H13BrF3N3/c1-18-11(12-10(14)7-19-20(12)2)8-5-3-4-6-9(8)13(15,16)17/h3-7,11,18H,1-2H3. The Morgan fingerprint density at radius 1 is 1.30 bits per heavy atom. The number of nitrogens with one attached hydrogen (secondary N) is 1. The van der Waals surface area contributed by atoms with Crippen molar-refractivity contribution in [3.8, 4) is 0 Å². The minimum Gasteiger partial charge on any atom is -0.308 e. The van der Waals surface area contributed by atoms with E-state index in [-0.39, 0.29) is 5.56 Å². The fraction of sp³-hybridized carbons (Fsp3) is 0.308. The third-order valence-corrected chi connectivity index (χ3v) is 3.69. The van der Waals surface area contributed by atoms with Gasteiger partial charge in [-0.15, -0.1) is 0 Å². The fourth-order valence-electron chi connectivity index (χ4n) is 2.19. The molecule has 0 saturated heterocycles. The SMILES string of the molecule is CNC(c1ccccc1C(F)(F)F)c1c(Br)cnn1C. The summed E-state index contributed by atoms with van der Waals surface area (Å²) in [5, 5.41) is 6.97. The molecule has 1 aromatic carbocycles. The van der Waals surface area contributed by atoms with Crippen LogP contribution in [0.4, 0.5) is 13.2 Å². The summed E-state index contributed by atoms with van der Waals surface area (Å²) < 4.78 is 41.6. The van der Waals surface area contributed by atoms with Crippen LogP contribution in [0.2, 0.25) is 0 Å². The molecule has 0 fully saturated rings. The lowest BCUT2D eigenvalue weighted by molar-refractivity contribution is -0.138. The van der Waals surface area contributed by atoms with Gasteiger partial charge in [0, 0.05) is 7.05 Å². The van der Waals surface area contributed by atoms with Crippen molar-refractivity contribution in [1.82, 2.24) is 15.1 Å². The number of hydrogen-bond donors (Lipinski definition) is 1. The predicted molar refractivity (Wildman–Crippen MR) is 73.3 cm³/mol. The average Bonchev–Trinajstić information content (AvgIpc) is 2.71. The lowest BCUT2D eigenvalue weighted by atomic mass is 9.97. The number of halogens is 4. The van der Waals surface area contributed by atoms with Crippen LogP contribution < -0.4 is 5.32 Å². The molecule has 0 aliphatic carbocycles. The molecule has 3 nitrogen and oxygen atoms in total. The van der Waals surface area contributed by atoms with E-state index < -0.39 is 17.8 Å². The van der Waals surface area contributed by atoms with Gasteiger partial charge >= 0.3 is 6.18 Å². The quantitative estimate of drug-likeness (QED) is 0.920. The Kier molecular flexibility index (Phi) is 4.19. The minimum absolute atomic E-state index is 0.173. The van der Waals surface area contributed by atoms with E-state index in [4.69, 9.17) is 0 Å². The van der Waals surface area contributed by atoms with E-state index in [0.717, 1.165) is 6.07 Å². The highest BCUT2D eigenvalue weighted by molar-refractivity contribution is 9.10. The Hall–Kier alpha value is -1.34. The molecule has 0 bridgehead atoms. The van der Waals surface area contributed by atoms with Gasteiger partial charge in [-0.1, -0.05) is 18.2 Å². The van der Waals surface area contributed by atoms with E-state index in [0.29, 0.717) is 10.2 Å². The Morgan fingerprint density at radius 2 is 1.95 bits per heavy atom. The van der Waals surface area contributed by atoms with Gasteiger partial charge in [0.1, 0.15) is 0 Å². The summed E-state index contributed by atoms with van der Waals surface area (Å²) in [6.45, 7) is 0. The van der Waals surface area contributed by atoms with Gasteiger partial charge in [0.25, 0.3) is 0 Å². The molecule has 0 radical (unpaired) electrons. The summed E-state index contributed by atoms with van der Waals surface area (Å²) in [6.07, 6.45) is -2.83. The normalized spacial score (nSPS) is 13.5. The minimum atomic E-state index is -4.39. The highest BCUT2D eigenvalue weighted by Gasteiger charge is 2.35. The third kappa shape index (κ3) is 2.73. The summed E-state index contributed by atoms with van der Waals surface area (Å²) >= 11 is 3.33. The number of nitrogens with zero attached hydrogens (tertiary/aromatic N) is 2. The second-order valence-corrected chi connectivity index (χ2v) is 5.16. The molecular formula is C13H13BrF3N3. The average molecular weight is 348 g/mol. The lowest BCUT2D eigenvalue weighted by Gasteiger charge is -2.22. The number of rotatable bonds is 3. The van der Waals surface area contributed by atoms with Crippen LogP contribution in [0.5, 0.6) is 0 Å². The molecule has 1 N–H and O–H groups in total. The van der Waals surface area contributed by atoms with Gasteiger partial charge in [-0.2, -0.15) is 18.3 Å². The van der Waals surface area contributed by atoms with E-state index in [9.17, 15) is 13.2 Å². The first-order valence-electron chi connectivity index (χ1n) is 5.87. The van der Waals surface area contributed by atoms with E-state index >= 15 is 0 Å². The molecule has 0 aliphatic rings. The van der Waals surface area contributed by atoms with Gasteiger partial charge in [-0.05, 0) is 34.6 Å². The van der Waals surface area contributed by atoms with Gasteiger partial charge in [-0.25, -0.2) is 0 Å². The highest BCUT2D eigenvalue weighted by Crippen LogP contribution is 2.37. The van der Waals surface area contributed by atoms with E-state index in [2.05, 4.69) is 26.3 Å². The van der Waals surface area contributed by atoms with E-state index in [1.165, 1.54) is 12.1 Å². The van der Waals surface area contributed by atoms with Crippen molar-refractivity contribution in [2.24, 2.45) is 7.05 Å². The molecule has 0 aliphatic heterocycles. The molecule has 1 unspecified atom stereocenters. The molecule has 0 amide bonds. The van der Waals surface area contributed by atoms with Crippen LogP contribution in [0.25, 0.3) is 0 Å². The van der Waals surface area contributed by atoms with Crippen LogP contribution in [0, 0.1) is 0 Å². The second kappa shape index (κ2) is 5.57. The Labute approximate surface area is 122 Å². The molecular weight excluding hydrogens is 335 g/mol. The van der Waals surface area contributed by atoms with Crippen molar-refractivity contribution in [2.45, 2.75) is 12.2 Å². The predicted octanol–water partition coefficient (Wildman–Crippen LogP) is 3.51. The molecule has 7 heteroatoms. The van der Waals surface area contributed by atoms with Crippen molar-refractivity contribution in [3.63, 3.8) is 0 Å². The Morgan fingerprint density at radius 3 is 2.45 bits per heavy atom. The van der Waals surface area contributed by atoms with Crippen LogP contribution in [0.15, 0.2) is 34.9 Å². The zero-order valence-corrected chi connectivity index (χ0v) is 12.5. The maximum Gasteiger partial charge on any atom is 0.416 e. The van der Waals surface area contributed by atoms with Gasteiger partial charge in [0.2, 0.25) is 0 Å². The molecule has 108 valence electrons. The monoisotopic (exact) mass is 347 g/mol. The molecule has 1 atom stereocenters. The first-order chi connectivity index (χ1) is 9.36. The summed E-state index contributed by atoms with van der Waals surface area (Å²) in [5.41, 5.74) is 0.170. The summed E-state index contributed by atoms with van der Waals surface area (Å²) in [7, 11) is 3.32. The smallest absolute Gasteiger partial charge is 0.308 e. The molecule has 1 heterocycles. The molecule has 20 heavy (non-hydrogen) atoms. The fourth-order valence-corrected chi connectivity index (χ4v) is 2.77. The number of aryl methyl sites for hydroxylation is 1. The van der Waals surface area contributed by atoms with Gasteiger partial charge in [-0.3, -0.25) is 4.68 Å². The molecule has 1 aromatic heterocycles. The summed E-state index contributed by atoms with van der Waals surface area (Å²) in [6, 6.07) is 4.94. The summed E-state index contributed by atoms with van der Waals surface area (Å²) in [4.78, 5) is 0. The van der Waals surface area contributed by atoms with Gasteiger partial charge in [0.15, 0.2) is 0 Å². The van der Waals surface area contributed by atoms with Crippen molar-refractivity contribution in [3.05, 3.63) is 51.8 Å². The maximum absolute atomic E-state index is 13.1. The van der Waals surface area contributed by atoms with Crippen molar-refractivity contribution >= 4 is 15.9 Å². The van der Waals surface area contributed by atoms with E-state index in [1.807, 2.05) is 0 Å². The zero-order valence-electron chi connectivity index (χ0n) is 10.9. The first-order valence-corrected chi connectivity index (χ1v) is 6.66. The number of alkyl halides is 3. The highest BCUT2D eigenvalue weighted by atomic mass is 79.9.